The molecule has 0 saturated carbocycles. The highest BCUT2D eigenvalue weighted by Gasteiger charge is 2.60. The number of rotatable bonds is 4. The van der Waals surface area contributed by atoms with Crippen LogP contribution in [-0.4, -0.2) is 35.4 Å². The summed E-state index contributed by atoms with van der Waals surface area (Å²) in [5, 5.41) is 3.62. The third-order valence-corrected chi connectivity index (χ3v) is 6.80. The van der Waals surface area contributed by atoms with Gasteiger partial charge in [-0.1, -0.05) is 56.1 Å². The number of hydrogen-bond acceptors (Lipinski definition) is 4. The number of esters is 1. The standard InChI is InChI=1S/C26H34Cl2F2N2O2/c1-24(2,3)13-20-26(31,16-11-19(30)17(28)12-18(16)29)21(14-8-7-9-15(27)10-14)22(32-20)23(33)34-25(4,5)6/h7-11,18,20-22,32H,12-13,31H2,1-6H3/t18?,20-,21-,22+,26+/m0/s1. The highest BCUT2D eigenvalue weighted by molar-refractivity contribution is 6.30. The van der Waals surface area contributed by atoms with E-state index in [0.29, 0.717) is 17.0 Å². The fraction of sp³-hybridized carbons (Fsp3) is 0.577. The van der Waals surface area contributed by atoms with Gasteiger partial charge in [-0.3, -0.25) is 10.1 Å². The molecule has 1 saturated heterocycles. The van der Waals surface area contributed by atoms with Crippen molar-refractivity contribution in [3.63, 3.8) is 0 Å². The van der Waals surface area contributed by atoms with E-state index >= 15 is 4.39 Å². The first-order valence-corrected chi connectivity index (χ1v) is 12.2. The van der Waals surface area contributed by atoms with Crippen LogP contribution in [0.25, 0.3) is 0 Å². The van der Waals surface area contributed by atoms with Crippen molar-refractivity contribution in [2.45, 2.75) is 89.7 Å². The van der Waals surface area contributed by atoms with E-state index < -0.39 is 47.1 Å². The molecule has 0 spiro atoms. The van der Waals surface area contributed by atoms with Crippen molar-refractivity contribution in [2.75, 3.05) is 0 Å². The first-order valence-electron chi connectivity index (χ1n) is 11.5. The summed E-state index contributed by atoms with van der Waals surface area (Å²) in [6, 6.07) is 5.52. The van der Waals surface area contributed by atoms with Crippen molar-refractivity contribution >= 4 is 29.2 Å². The Labute approximate surface area is 210 Å². The Morgan fingerprint density at radius 3 is 2.44 bits per heavy atom. The summed E-state index contributed by atoms with van der Waals surface area (Å²) in [4.78, 5) is 13.4. The minimum absolute atomic E-state index is 0.0761. The second-order valence-electron chi connectivity index (χ2n) is 11.5. The molecule has 8 heteroatoms. The zero-order valence-corrected chi connectivity index (χ0v) is 22.0. The highest BCUT2D eigenvalue weighted by Crippen LogP contribution is 2.50. The molecule has 0 amide bonds. The molecule has 0 radical (unpaired) electrons. The molecule has 1 aromatic carbocycles. The van der Waals surface area contributed by atoms with E-state index in [9.17, 15) is 9.18 Å². The second-order valence-corrected chi connectivity index (χ2v) is 12.4. The number of ether oxygens (including phenoxy) is 1. The van der Waals surface area contributed by atoms with Gasteiger partial charge >= 0.3 is 5.97 Å². The van der Waals surface area contributed by atoms with Crippen molar-refractivity contribution in [3.8, 4) is 0 Å². The Morgan fingerprint density at radius 2 is 1.88 bits per heavy atom. The number of carbonyl (C=O) groups is 1. The molecule has 1 heterocycles. The lowest BCUT2D eigenvalue weighted by atomic mass is 9.66. The van der Waals surface area contributed by atoms with Gasteiger partial charge in [-0.2, -0.15) is 0 Å². The van der Waals surface area contributed by atoms with Crippen molar-refractivity contribution < 1.29 is 18.3 Å². The SMILES string of the molecule is CC(C)(C)C[C@@H]1N[C@@H](C(=O)OC(C)(C)C)[C@H](c2cccc(Cl)c2)[C@@]1(N)C1=CC(F)=C(Cl)CC1F. The Hall–Kier alpha value is -1.47. The summed E-state index contributed by atoms with van der Waals surface area (Å²) in [6.07, 6.45) is -0.300. The second kappa shape index (κ2) is 9.53. The van der Waals surface area contributed by atoms with E-state index in [1.165, 1.54) is 0 Å². The molecule has 1 unspecified atom stereocenters. The van der Waals surface area contributed by atoms with Crippen LogP contribution in [0, 0.1) is 5.41 Å². The van der Waals surface area contributed by atoms with E-state index in [1.54, 1.807) is 45.0 Å². The molecule has 3 rings (SSSR count). The fourth-order valence-corrected chi connectivity index (χ4v) is 5.36. The zero-order valence-electron chi connectivity index (χ0n) is 20.5. The van der Waals surface area contributed by atoms with Crippen LogP contribution < -0.4 is 11.1 Å². The number of hydrogen-bond donors (Lipinski definition) is 2. The molecular weight excluding hydrogens is 481 g/mol. The van der Waals surface area contributed by atoms with Crippen LogP contribution >= 0.6 is 23.2 Å². The fourth-order valence-electron chi connectivity index (χ4n) is 4.97. The molecule has 4 nitrogen and oxygen atoms in total. The van der Waals surface area contributed by atoms with Gasteiger partial charge < -0.3 is 10.5 Å². The van der Waals surface area contributed by atoms with Crippen LogP contribution in [0.5, 0.6) is 0 Å². The normalized spacial score (nSPS) is 30.4. The molecule has 1 aliphatic heterocycles. The lowest BCUT2D eigenvalue weighted by Gasteiger charge is -2.42. The molecule has 0 aromatic heterocycles. The largest absolute Gasteiger partial charge is 0.459 e. The summed E-state index contributed by atoms with van der Waals surface area (Å²) >= 11 is 12.2. The molecule has 1 aromatic rings. The Bertz CT molecular complexity index is 1010. The smallest absolute Gasteiger partial charge is 0.324 e. The highest BCUT2D eigenvalue weighted by atomic mass is 35.5. The van der Waals surface area contributed by atoms with E-state index in [2.05, 4.69) is 5.32 Å². The topological polar surface area (TPSA) is 64.3 Å². The number of nitrogens with one attached hydrogen (secondary N) is 1. The third-order valence-electron chi connectivity index (χ3n) is 6.23. The van der Waals surface area contributed by atoms with Gasteiger partial charge in [0.25, 0.3) is 0 Å². The predicted molar refractivity (Wildman–Crippen MR) is 133 cm³/mol. The Balaban J connectivity index is 2.25. The number of carbonyl (C=O) groups excluding carboxylic acids is 1. The first kappa shape index (κ1) is 27.1. The molecule has 5 atom stereocenters. The quantitative estimate of drug-likeness (QED) is 0.460. The number of halogens is 4. The molecule has 0 bridgehead atoms. The minimum Gasteiger partial charge on any atom is -0.459 e. The Kier molecular flexibility index (Phi) is 7.60. The number of nitrogens with two attached hydrogens (primary N) is 1. The van der Waals surface area contributed by atoms with Crippen LogP contribution in [0.15, 0.2) is 46.8 Å². The van der Waals surface area contributed by atoms with Gasteiger partial charge in [0.2, 0.25) is 0 Å². The molecule has 1 aliphatic carbocycles. The van der Waals surface area contributed by atoms with Gasteiger partial charge in [-0.15, -0.1) is 0 Å². The van der Waals surface area contributed by atoms with E-state index in [0.717, 1.165) is 6.08 Å². The summed E-state index contributed by atoms with van der Waals surface area (Å²) in [6.45, 7) is 11.4. The van der Waals surface area contributed by atoms with E-state index in [-0.39, 0.29) is 22.4 Å². The molecular formula is C26H34Cl2F2N2O2. The van der Waals surface area contributed by atoms with Crippen molar-refractivity contribution in [3.05, 3.63) is 57.4 Å². The van der Waals surface area contributed by atoms with Crippen molar-refractivity contribution in [1.29, 1.82) is 0 Å². The first-order chi connectivity index (χ1) is 15.5. The monoisotopic (exact) mass is 514 g/mol. The van der Waals surface area contributed by atoms with Gasteiger partial charge in [0.15, 0.2) is 0 Å². The van der Waals surface area contributed by atoms with Crippen LogP contribution in [-0.2, 0) is 9.53 Å². The van der Waals surface area contributed by atoms with E-state index in [4.69, 9.17) is 33.7 Å². The van der Waals surface area contributed by atoms with Crippen molar-refractivity contribution in [1.82, 2.24) is 5.32 Å². The maximum atomic E-state index is 15.5. The molecule has 1 fully saturated rings. The third kappa shape index (κ3) is 5.67. The lowest BCUT2D eigenvalue weighted by molar-refractivity contribution is -0.157. The summed E-state index contributed by atoms with van der Waals surface area (Å²) in [7, 11) is 0. The van der Waals surface area contributed by atoms with Gasteiger partial charge in [0.05, 0.1) is 10.6 Å². The molecule has 188 valence electrons. The molecule has 2 aliphatic rings. The van der Waals surface area contributed by atoms with Crippen LogP contribution in [0.2, 0.25) is 5.02 Å². The number of alkyl halides is 1. The maximum Gasteiger partial charge on any atom is 0.324 e. The van der Waals surface area contributed by atoms with E-state index in [1.807, 2.05) is 20.8 Å². The van der Waals surface area contributed by atoms with Gasteiger partial charge in [0, 0.05) is 23.4 Å². The average molecular weight is 515 g/mol. The number of benzene rings is 1. The van der Waals surface area contributed by atoms with Crippen molar-refractivity contribution in [2.24, 2.45) is 11.1 Å². The minimum atomic E-state index is -1.60. The lowest BCUT2D eigenvalue weighted by Crippen LogP contribution is -2.58. The number of allylic oxidation sites excluding steroid dienone is 3. The average Bonchev–Trinajstić information content (AvgIpc) is 2.95. The zero-order chi connectivity index (χ0) is 25.6. The predicted octanol–water partition coefficient (Wildman–Crippen LogP) is 6.33. The van der Waals surface area contributed by atoms with Gasteiger partial charge in [-0.25, -0.2) is 8.78 Å². The molecule has 3 N–H and O–H groups in total. The summed E-state index contributed by atoms with van der Waals surface area (Å²) in [5.41, 5.74) is 5.45. The van der Waals surface area contributed by atoms with Crippen LogP contribution in [0.1, 0.15) is 65.9 Å². The van der Waals surface area contributed by atoms with Crippen LogP contribution in [0.3, 0.4) is 0 Å². The molecule has 34 heavy (non-hydrogen) atoms. The summed E-state index contributed by atoms with van der Waals surface area (Å²) < 4.78 is 35.9. The van der Waals surface area contributed by atoms with Gasteiger partial charge in [0.1, 0.15) is 23.6 Å². The Morgan fingerprint density at radius 1 is 1.24 bits per heavy atom. The summed E-state index contributed by atoms with van der Waals surface area (Å²) in [5.74, 6) is -1.98. The van der Waals surface area contributed by atoms with Crippen LogP contribution in [0.4, 0.5) is 8.78 Å². The maximum absolute atomic E-state index is 15.5. The van der Waals surface area contributed by atoms with Gasteiger partial charge in [-0.05, 0) is 62.0 Å².